The summed E-state index contributed by atoms with van der Waals surface area (Å²) in [5.41, 5.74) is 0.518. The van der Waals surface area contributed by atoms with Crippen LogP contribution >= 0.6 is 11.3 Å². The Morgan fingerprint density at radius 2 is 2.11 bits per heavy atom. The molecule has 5 nitrogen and oxygen atoms in total. The first kappa shape index (κ1) is 18.4. The summed E-state index contributed by atoms with van der Waals surface area (Å²) in [7, 11) is 1.51. The van der Waals surface area contributed by atoms with Crippen molar-refractivity contribution in [2.75, 3.05) is 7.11 Å². The van der Waals surface area contributed by atoms with Crippen LogP contribution in [0.3, 0.4) is 0 Å². The zero-order valence-electron chi connectivity index (χ0n) is 15.1. The maximum atomic E-state index is 14.4. The van der Waals surface area contributed by atoms with E-state index in [2.05, 4.69) is 0 Å². The molecule has 1 saturated heterocycles. The van der Waals surface area contributed by atoms with Crippen molar-refractivity contribution in [3.63, 3.8) is 0 Å². The number of carboxylic acid groups (broad SMARTS) is 1. The van der Waals surface area contributed by atoms with Gasteiger partial charge in [0.15, 0.2) is 0 Å². The van der Waals surface area contributed by atoms with E-state index in [4.69, 9.17) is 4.74 Å². The molecule has 3 unspecified atom stereocenters. The van der Waals surface area contributed by atoms with Gasteiger partial charge in [0.25, 0.3) is 5.91 Å². The van der Waals surface area contributed by atoms with Crippen LogP contribution in [-0.2, 0) is 16.1 Å². The molecule has 1 N–H and O–H groups in total. The number of hydrogen-bond donors (Lipinski definition) is 1. The van der Waals surface area contributed by atoms with Crippen LogP contribution in [0.4, 0.5) is 4.39 Å². The highest BCUT2D eigenvalue weighted by atomic mass is 32.1. The molecule has 2 heterocycles. The summed E-state index contributed by atoms with van der Waals surface area (Å²) < 4.78 is 20.3. The molecule has 0 radical (unpaired) electrons. The van der Waals surface area contributed by atoms with Crippen LogP contribution in [-0.4, -0.2) is 41.1 Å². The van der Waals surface area contributed by atoms with Gasteiger partial charge >= 0.3 is 5.97 Å². The molecule has 0 bridgehead atoms. The van der Waals surface area contributed by atoms with Crippen molar-refractivity contribution >= 4 is 33.3 Å². The molecule has 27 heavy (non-hydrogen) atoms. The van der Waals surface area contributed by atoms with Crippen LogP contribution in [0.25, 0.3) is 10.1 Å². The first-order valence-electron chi connectivity index (χ1n) is 9.27. The van der Waals surface area contributed by atoms with Crippen LogP contribution in [0.1, 0.15) is 47.3 Å². The van der Waals surface area contributed by atoms with Crippen molar-refractivity contribution in [2.24, 2.45) is 5.92 Å². The fraction of sp³-hybridized carbons (Fsp3) is 0.500. The molecule has 7 heteroatoms. The van der Waals surface area contributed by atoms with Crippen molar-refractivity contribution < 1.29 is 23.8 Å². The van der Waals surface area contributed by atoms with Gasteiger partial charge in [0.05, 0.1) is 11.5 Å². The number of carbonyl (C=O) groups is 2. The minimum absolute atomic E-state index is 0.0437. The number of ether oxygens (including phenoxy) is 1. The highest BCUT2D eigenvalue weighted by Gasteiger charge is 2.48. The third-order valence-electron chi connectivity index (χ3n) is 5.85. The maximum Gasteiger partial charge on any atom is 0.326 e. The summed E-state index contributed by atoms with van der Waals surface area (Å²) in [6.45, 7) is 0.113. The minimum Gasteiger partial charge on any atom is -0.480 e. The van der Waals surface area contributed by atoms with Gasteiger partial charge in [-0.2, -0.15) is 0 Å². The second kappa shape index (κ2) is 7.20. The van der Waals surface area contributed by atoms with Crippen LogP contribution < -0.4 is 0 Å². The average Bonchev–Trinajstić information content (AvgIpc) is 3.21. The van der Waals surface area contributed by atoms with Crippen molar-refractivity contribution in [1.82, 2.24) is 4.90 Å². The molecular weight excluding hydrogens is 369 g/mol. The van der Waals surface area contributed by atoms with Gasteiger partial charge in [0.2, 0.25) is 0 Å². The Balaban J connectivity index is 1.80. The van der Waals surface area contributed by atoms with Gasteiger partial charge < -0.3 is 14.7 Å². The number of hydrogen-bond acceptors (Lipinski definition) is 4. The molecule has 1 aliphatic heterocycles. The van der Waals surface area contributed by atoms with Crippen LogP contribution in [0.5, 0.6) is 0 Å². The van der Waals surface area contributed by atoms with E-state index in [1.807, 2.05) is 0 Å². The predicted molar refractivity (Wildman–Crippen MR) is 100 cm³/mol. The standard InChI is InChI=1S/C20H22FNO4S/c1-26-10-12-17-13(21)6-4-8-16(17)27-18(12)19(23)22-14-7-3-2-5-11(14)9-15(22)20(24)25/h4,6,8,11,14-15H,2-3,5,7,9-10H2,1H3,(H,24,25). The van der Waals surface area contributed by atoms with E-state index in [0.717, 1.165) is 25.7 Å². The topological polar surface area (TPSA) is 66.8 Å². The summed E-state index contributed by atoms with van der Waals surface area (Å²) in [6.07, 6.45) is 4.38. The third-order valence-corrected chi connectivity index (χ3v) is 7.04. The van der Waals surface area contributed by atoms with E-state index in [9.17, 15) is 19.1 Å². The molecule has 1 aromatic heterocycles. The Morgan fingerprint density at radius 3 is 2.85 bits per heavy atom. The molecule has 1 amide bonds. The van der Waals surface area contributed by atoms with Crippen LogP contribution in [0, 0.1) is 11.7 Å². The second-order valence-electron chi connectivity index (χ2n) is 7.37. The van der Waals surface area contributed by atoms with Gasteiger partial charge in [-0.05, 0) is 37.3 Å². The summed E-state index contributed by atoms with van der Waals surface area (Å²) in [5.74, 6) is -1.41. The predicted octanol–water partition coefficient (Wildman–Crippen LogP) is 4.04. The minimum atomic E-state index is -0.960. The zero-order valence-corrected chi connectivity index (χ0v) is 15.9. The van der Waals surface area contributed by atoms with Gasteiger partial charge in [0.1, 0.15) is 11.9 Å². The number of methoxy groups -OCH3 is 1. The van der Waals surface area contributed by atoms with E-state index < -0.39 is 12.0 Å². The largest absolute Gasteiger partial charge is 0.480 e. The lowest BCUT2D eigenvalue weighted by Crippen LogP contribution is -2.46. The molecule has 4 rings (SSSR count). The Labute approximate surface area is 160 Å². The number of amides is 1. The monoisotopic (exact) mass is 391 g/mol. The quantitative estimate of drug-likeness (QED) is 0.854. The number of aliphatic carboxylic acids is 1. The number of benzene rings is 1. The molecule has 2 aliphatic rings. The number of carboxylic acids is 1. The molecule has 2 aromatic rings. The molecule has 2 fully saturated rings. The first-order chi connectivity index (χ1) is 13.0. The van der Waals surface area contributed by atoms with Crippen LogP contribution in [0.2, 0.25) is 0 Å². The van der Waals surface area contributed by atoms with Gasteiger partial charge in [-0.25, -0.2) is 9.18 Å². The molecule has 3 atom stereocenters. The number of carbonyl (C=O) groups excluding carboxylic acids is 1. The molecule has 1 aliphatic carbocycles. The van der Waals surface area contributed by atoms with Gasteiger partial charge in [0, 0.05) is 28.8 Å². The number of halogens is 1. The zero-order chi connectivity index (χ0) is 19.1. The average molecular weight is 391 g/mol. The molecule has 144 valence electrons. The van der Waals surface area contributed by atoms with E-state index in [-0.39, 0.29) is 30.3 Å². The fourth-order valence-corrected chi connectivity index (χ4v) is 5.88. The normalized spacial score (nSPS) is 25.0. The summed E-state index contributed by atoms with van der Waals surface area (Å²) >= 11 is 1.22. The summed E-state index contributed by atoms with van der Waals surface area (Å²) in [4.78, 5) is 27.3. The Bertz CT molecular complexity index is 895. The number of likely N-dealkylation sites (tertiary alicyclic amines) is 1. The lowest BCUT2D eigenvalue weighted by atomic mass is 9.84. The number of rotatable bonds is 4. The Morgan fingerprint density at radius 1 is 1.33 bits per heavy atom. The Hall–Kier alpha value is -1.99. The van der Waals surface area contributed by atoms with Crippen molar-refractivity contribution in [2.45, 2.75) is 50.8 Å². The third kappa shape index (κ3) is 3.02. The van der Waals surface area contributed by atoms with Gasteiger partial charge in [-0.15, -0.1) is 11.3 Å². The van der Waals surface area contributed by atoms with E-state index in [0.29, 0.717) is 26.9 Å². The number of thiophene rings is 1. The van der Waals surface area contributed by atoms with E-state index >= 15 is 0 Å². The SMILES string of the molecule is COCc1c(C(=O)N2C(C(=O)O)CC3CCCCC32)sc2cccc(F)c12. The maximum absolute atomic E-state index is 14.4. The number of fused-ring (bicyclic) bond motifs is 2. The Kier molecular flexibility index (Phi) is 4.90. The lowest BCUT2D eigenvalue weighted by Gasteiger charge is -2.33. The smallest absolute Gasteiger partial charge is 0.326 e. The first-order valence-corrected chi connectivity index (χ1v) is 10.1. The van der Waals surface area contributed by atoms with Crippen molar-refractivity contribution in [3.8, 4) is 0 Å². The van der Waals surface area contributed by atoms with E-state index in [1.54, 1.807) is 17.0 Å². The highest BCUT2D eigenvalue weighted by Crippen LogP contribution is 2.42. The summed E-state index contributed by atoms with van der Waals surface area (Å²) in [6, 6.07) is 3.91. The summed E-state index contributed by atoms with van der Waals surface area (Å²) in [5, 5.41) is 10.1. The molecule has 1 saturated carbocycles. The molecule has 0 spiro atoms. The number of nitrogens with zero attached hydrogens (tertiary/aromatic N) is 1. The van der Waals surface area contributed by atoms with Gasteiger partial charge in [-0.1, -0.05) is 18.9 Å². The second-order valence-corrected chi connectivity index (χ2v) is 8.42. The molecular formula is C20H22FNO4S. The van der Waals surface area contributed by atoms with E-state index in [1.165, 1.54) is 24.5 Å². The molecule has 1 aromatic carbocycles. The lowest BCUT2D eigenvalue weighted by molar-refractivity contribution is -0.141. The van der Waals surface area contributed by atoms with Crippen molar-refractivity contribution in [3.05, 3.63) is 34.5 Å². The van der Waals surface area contributed by atoms with Gasteiger partial charge in [-0.3, -0.25) is 4.79 Å². The highest BCUT2D eigenvalue weighted by molar-refractivity contribution is 7.21. The van der Waals surface area contributed by atoms with Crippen LogP contribution in [0.15, 0.2) is 18.2 Å². The fourth-order valence-electron chi connectivity index (χ4n) is 4.71. The van der Waals surface area contributed by atoms with Crippen molar-refractivity contribution in [1.29, 1.82) is 0 Å².